The van der Waals surface area contributed by atoms with Crippen molar-refractivity contribution >= 4 is 23.0 Å². The highest BCUT2D eigenvalue weighted by atomic mass is 32.1. The zero-order valence-electron chi connectivity index (χ0n) is 11.8. The van der Waals surface area contributed by atoms with E-state index in [1.54, 1.807) is 0 Å². The molecule has 0 fully saturated rings. The molecule has 0 radical (unpaired) electrons. The van der Waals surface area contributed by atoms with Crippen LogP contribution in [0, 0.1) is 5.41 Å². The Hall–Kier alpha value is -1.37. The third-order valence-electron chi connectivity index (χ3n) is 3.10. The molecule has 20 heavy (non-hydrogen) atoms. The minimum atomic E-state index is -4.50. The summed E-state index contributed by atoms with van der Waals surface area (Å²) in [6.07, 6.45) is -4.50. The van der Waals surface area contributed by atoms with Crippen LogP contribution in [-0.4, -0.2) is 16.0 Å². The molecule has 1 atom stereocenters. The SMILES string of the molecule is CC(Nc1nc(C(F)(F)F)ccc1C(N)=S)C(C)(C)C. The van der Waals surface area contributed by atoms with E-state index in [2.05, 4.69) is 10.3 Å². The minimum absolute atomic E-state index is 0.00911. The molecule has 1 aromatic rings. The number of hydrogen-bond acceptors (Lipinski definition) is 3. The van der Waals surface area contributed by atoms with Crippen molar-refractivity contribution in [1.82, 2.24) is 4.98 Å². The Bertz CT molecular complexity index is 507. The van der Waals surface area contributed by atoms with E-state index < -0.39 is 11.9 Å². The minimum Gasteiger partial charge on any atom is -0.389 e. The lowest BCUT2D eigenvalue weighted by molar-refractivity contribution is -0.141. The lowest BCUT2D eigenvalue weighted by Gasteiger charge is -2.29. The number of alkyl halides is 3. The normalized spacial score (nSPS) is 13.9. The van der Waals surface area contributed by atoms with Crippen LogP contribution in [0.2, 0.25) is 0 Å². The zero-order valence-corrected chi connectivity index (χ0v) is 12.6. The first-order chi connectivity index (χ1) is 8.93. The van der Waals surface area contributed by atoms with Crippen molar-refractivity contribution < 1.29 is 13.2 Å². The first-order valence-electron chi connectivity index (χ1n) is 6.07. The van der Waals surface area contributed by atoms with E-state index >= 15 is 0 Å². The van der Waals surface area contributed by atoms with E-state index in [4.69, 9.17) is 18.0 Å². The van der Waals surface area contributed by atoms with Crippen LogP contribution in [0.15, 0.2) is 12.1 Å². The van der Waals surface area contributed by atoms with Crippen molar-refractivity contribution in [3.8, 4) is 0 Å². The molecule has 1 aromatic heterocycles. The number of halogens is 3. The van der Waals surface area contributed by atoms with Gasteiger partial charge in [0.1, 0.15) is 16.5 Å². The van der Waals surface area contributed by atoms with Crippen molar-refractivity contribution in [1.29, 1.82) is 0 Å². The fraction of sp³-hybridized carbons (Fsp3) is 0.538. The molecule has 1 rings (SSSR count). The molecular formula is C13H18F3N3S. The average Bonchev–Trinajstić information content (AvgIpc) is 2.25. The average molecular weight is 305 g/mol. The summed E-state index contributed by atoms with van der Waals surface area (Å²) in [5.41, 5.74) is 4.72. The van der Waals surface area contributed by atoms with E-state index in [9.17, 15) is 13.2 Å². The molecule has 1 heterocycles. The van der Waals surface area contributed by atoms with Gasteiger partial charge in [-0.1, -0.05) is 33.0 Å². The summed E-state index contributed by atoms with van der Waals surface area (Å²) in [5, 5.41) is 2.97. The molecule has 0 aliphatic heterocycles. The molecule has 0 aromatic carbocycles. The van der Waals surface area contributed by atoms with Crippen LogP contribution in [0.5, 0.6) is 0 Å². The summed E-state index contributed by atoms with van der Waals surface area (Å²) in [4.78, 5) is 3.62. The van der Waals surface area contributed by atoms with E-state index in [0.717, 1.165) is 6.07 Å². The quantitative estimate of drug-likeness (QED) is 0.838. The van der Waals surface area contributed by atoms with Crippen molar-refractivity contribution in [3.05, 3.63) is 23.4 Å². The molecule has 0 saturated carbocycles. The predicted molar refractivity (Wildman–Crippen MR) is 77.7 cm³/mol. The van der Waals surface area contributed by atoms with E-state index in [1.807, 2.05) is 27.7 Å². The molecule has 1 unspecified atom stereocenters. The maximum absolute atomic E-state index is 12.7. The van der Waals surface area contributed by atoms with Gasteiger partial charge in [-0.2, -0.15) is 13.2 Å². The Morgan fingerprint density at radius 2 is 1.85 bits per heavy atom. The number of rotatable bonds is 3. The van der Waals surface area contributed by atoms with Crippen molar-refractivity contribution in [2.75, 3.05) is 5.32 Å². The van der Waals surface area contributed by atoms with Gasteiger partial charge in [0.05, 0.1) is 5.56 Å². The summed E-state index contributed by atoms with van der Waals surface area (Å²) in [6, 6.07) is 2.02. The molecule has 3 N–H and O–H groups in total. The zero-order chi connectivity index (χ0) is 15.7. The number of nitrogens with zero attached hydrogens (tertiary/aromatic N) is 1. The molecule has 0 aliphatic carbocycles. The van der Waals surface area contributed by atoms with Crippen LogP contribution < -0.4 is 11.1 Å². The Morgan fingerprint density at radius 1 is 1.30 bits per heavy atom. The van der Waals surface area contributed by atoms with Gasteiger partial charge in [0, 0.05) is 6.04 Å². The van der Waals surface area contributed by atoms with Crippen LogP contribution in [-0.2, 0) is 6.18 Å². The third-order valence-corrected chi connectivity index (χ3v) is 3.32. The third kappa shape index (κ3) is 4.06. The van der Waals surface area contributed by atoms with Gasteiger partial charge in [-0.3, -0.25) is 0 Å². The number of nitrogens with two attached hydrogens (primary N) is 1. The molecular weight excluding hydrogens is 287 g/mol. The van der Waals surface area contributed by atoms with Crippen LogP contribution >= 0.6 is 12.2 Å². The summed E-state index contributed by atoms with van der Waals surface area (Å²) in [6.45, 7) is 7.78. The second kappa shape index (κ2) is 5.55. The number of pyridine rings is 1. The lowest BCUT2D eigenvalue weighted by atomic mass is 9.88. The van der Waals surface area contributed by atoms with Gasteiger partial charge < -0.3 is 11.1 Å². The highest BCUT2D eigenvalue weighted by Crippen LogP contribution is 2.30. The molecule has 0 saturated heterocycles. The van der Waals surface area contributed by atoms with Gasteiger partial charge in [0.2, 0.25) is 0 Å². The molecule has 0 bridgehead atoms. The van der Waals surface area contributed by atoms with Crippen LogP contribution in [0.1, 0.15) is 39.0 Å². The Labute approximate surface area is 121 Å². The smallest absolute Gasteiger partial charge is 0.389 e. The summed E-state index contributed by atoms with van der Waals surface area (Å²) < 4.78 is 38.2. The second-order valence-corrected chi connectivity index (χ2v) is 6.13. The van der Waals surface area contributed by atoms with Gasteiger partial charge in [-0.05, 0) is 24.5 Å². The topological polar surface area (TPSA) is 50.9 Å². The van der Waals surface area contributed by atoms with E-state index in [-0.39, 0.29) is 22.3 Å². The van der Waals surface area contributed by atoms with E-state index in [1.165, 1.54) is 6.07 Å². The van der Waals surface area contributed by atoms with Crippen molar-refractivity contribution in [3.63, 3.8) is 0 Å². The van der Waals surface area contributed by atoms with E-state index in [0.29, 0.717) is 5.56 Å². The first kappa shape index (κ1) is 16.7. The second-order valence-electron chi connectivity index (χ2n) is 5.69. The standard InChI is InChI=1S/C13H18F3N3S/c1-7(12(2,3)4)18-11-8(10(17)20)5-6-9(19-11)13(14,15)16/h5-7H,1-4H3,(H2,17,20)(H,18,19). The Morgan fingerprint density at radius 3 is 2.25 bits per heavy atom. The summed E-state index contributed by atoms with van der Waals surface area (Å²) >= 11 is 4.85. The van der Waals surface area contributed by atoms with Crippen LogP contribution in [0.4, 0.5) is 19.0 Å². The number of nitrogens with one attached hydrogen (secondary N) is 1. The summed E-state index contributed by atoms with van der Waals surface area (Å²) in [7, 11) is 0. The molecule has 112 valence electrons. The Balaban J connectivity index is 3.23. The highest BCUT2D eigenvalue weighted by Gasteiger charge is 2.33. The Kier molecular flexibility index (Phi) is 4.63. The highest BCUT2D eigenvalue weighted by molar-refractivity contribution is 7.80. The van der Waals surface area contributed by atoms with Crippen LogP contribution in [0.3, 0.4) is 0 Å². The lowest BCUT2D eigenvalue weighted by Crippen LogP contribution is -2.32. The number of hydrogen-bond donors (Lipinski definition) is 2. The number of aromatic nitrogens is 1. The maximum atomic E-state index is 12.7. The van der Waals surface area contributed by atoms with Gasteiger partial charge in [0.15, 0.2) is 0 Å². The largest absolute Gasteiger partial charge is 0.433 e. The predicted octanol–water partition coefficient (Wildman–Crippen LogP) is 3.58. The number of anilines is 1. The van der Waals surface area contributed by atoms with Gasteiger partial charge in [0.25, 0.3) is 0 Å². The fourth-order valence-electron chi connectivity index (χ4n) is 1.35. The molecule has 0 amide bonds. The molecule has 0 spiro atoms. The first-order valence-corrected chi connectivity index (χ1v) is 6.48. The van der Waals surface area contributed by atoms with Gasteiger partial charge in [-0.15, -0.1) is 0 Å². The fourth-order valence-corrected chi connectivity index (χ4v) is 1.51. The van der Waals surface area contributed by atoms with Crippen molar-refractivity contribution in [2.45, 2.75) is 39.9 Å². The van der Waals surface area contributed by atoms with Gasteiger partial charge in [-0.25, -0.2) is 4.98 Å². The molecule has 3 nitrogen and oxygen atoms in total. The monoisotopic (exact) mass is 305 g/mol. The van der Waals surface area contributed by atoms with Gasteiger partial charge >= 0.3 is 6.18 Å². The molecule has 0 aliphatic rings. The summed E-state index contributed by atoms with van der Waals surface area (Å²) in [5.74, 6) is 0.0646. The maximum Gasteiger partial charge on any atom is 0.433 e. The number of thiocarbonyl (C=S) groups is 1. The van der Waals surface area contributed by atoms with Crippen molar-refractivity contribution in [2.24, 2.45) is 11.1 Å². The van der Waals surface area contributed by atoms with Crippen LogP contribution in [0.25, 0.3) is 0 Å². The molecule has 7 heteroatoms.